The zero-order valence-electron chi connectivity index (χ0n) is 17.4. The van der Waals surface area contributed by atoms with Crippen molar-refractivity contribution in [2.24, 2.45) is 7.05 Å². The third-order valence-electron chi connectivity index (χ3n) is 4.78. The highest BCUT2D eigenvalue weighted by molar-refractivity contribution is 6.30. The molecule has 0 aliphatic rings. The van der Waals surface area contributed by atoms with Gasteiger partial charge in [-0.05, 0) is 42.3 Å². The van der Waals surface area contributed by atoms with Gasteiger partial charge in [0, 0.05) is 30.0 Å². The first-order valence-corrected chi connectivity index (χ1v) is 10.3. The van der Waals surface area contributed by atoms with Gasteiger partial charge in [0.25, 0.3) is 5.91 Å². The Balaban J connectivity index is 1.85. The Bertz CT molecular complexity index is 986. The van der Waals surface area contributed by atoms with Crippen molar-refractivity contribution < 1.29 is 14.3 Å². The molecule has 0 bridgehead atoms. The molecule has 3 rings (SSSR count). The monoisotopic (exact) mass is 427 g/mol. The summed E-state index contributed by atoms with van der Waals surface area (Å²) in [5.74, 6) is 1.63. The second-order valence-electron chi connectivity index (χ2n) is 6.92. The minimum Gasteiger partial charge on any atom is -0.493 e. The van der Waals surface area contributed by atoms with E-state index in [1.807, 2.05) is 29.9 Å². The Morgan fingerprint density at radius 2 is 1.97 bits per heavy atom. The van der Waals surface area contributed by atoms with Gasteiger partial charge < -0.3 is 19.4 Å². The van der Waals surface area contributed by atoms with E-state index in [1.54, 1.807) is 43.6 Å². The fraction of sp³-hybridized carbons (Fsp3) is 0.304. The molecular formula is C23H26ClN3O3. The van der Waals surface area contributed by atoms with E-state index in [4.69, 9.17) is 21.1 Å². The number of aromatic nitrogens is 2. The number of imidazole rings is 1. The Hall–Kier alpha value is -2.99. The molecular weight excluding hydrogens is 402 g/mol. The Morgan fingerprint density at radius 1 is 1.20 bits per heavy atom. The molecule has 1 amide bonds. The zero-order valence-corrected chi connectivity index (χ0v) is 18.1. The molecule has 1 heterocycles. The average molecular weight is 428 g/mol. The largest absolute Gasteiger partial charge is 0.493 e. The Kier molecular flexibility index (Phi) is 7.36. The molecule has 0 spiro atoms. The number of amides is 1. The van der Waals surface area contributed by atoms with E-state index in [0.717, 1.165) is 24.2 Å². The van der Waals surface area contributed by atoms with Gasteiger partial charge in [0.2, 0.25) is 0 Å². The number of nitrogens with zero attached hydrogens (tertiary/aromatic N) is 2. The minimum absolute atomic E-state index is 0.239. The van der Waals surface area contributed by atoms with Gasteiger partial charge in [-0.1, -0.05) is 37.1 Å². The van der Waals surface area contributed by atoms with Crippen molar-refractivity contribution in [3.05, 3.63) is 76.8 Å². The first-order valence-electron chi connectivity index (χ1n) is 9.87. The van der Waals surface area contributed by atoms with Gasteiger partial charge in [-0.2, -0.15) is 0 Å². The number of aryl methyl sites for hydroxylation is 1. The van der Waals surface area contributed by atoms with Gasteiger partial charge in [-0.3, -0.25) is 4.79 Å². The van der Waals surface area contributed by atoms with E-state index in [-0.39, 0.29) is 5.91 Å². The molecule has 6 nitrogen and oxygen atoms in total. The third kappa shape index (κ3) is 5.13. The fourth-order valence-corrected chi connectivity index (χ4v) is 3.20. The number of rotatable bonds is 9. The molecule has 30 heavy (non-hydrogen) atoms. The van der Waals surface area contributed by atoms with Crippen molar-refractivity contribution in [1.82, 2.24) is 14.9 Å². The number of ether oxygens (including phenoxy) is 2. The smallest absolute Gasteiger partial charge is 0.252 e. The Labute approximate surface area is 181 Å². The maximum atomic E-state index is 13.1. The number of benzene rings is 2. The number of methoxy groups -OCH3 is 1. The van der Waals surface area contributed by atoms with Crippen LogP contribution in [0.5, 0.6) is 11.5 Å². The van der Waals surface area contributed by atoms with Gasteiger partial charge in [-0.25, -0.2) is 4.98 Å². The van der Waals surface area contributed by atoms with Crippen molar-refractivity contribution in [3.8, 4) is 11.5 Å². The number of hydrogen-bond acceptors (Lipinski definition) is 4. The molecule has 1 N–H and O–H groups in total. The van der Waals surface area contributed by atoms with Gasteiger partial charge in [0.1, 0.15) is 11.9 Å². The quantitative estimate of drug-likeness (QED) is 0.499. The summed E-state index contributed by atoms with van der Waals surface area (Å²) >= 11 is 6.03. The molecule has 0 radical (unpaired) electrons. The van der Waals surface area contributed by atoms with E-state index >= 15 is 0 Å². The molecule has 158 valence electrons. The topological polar surface area (TPSA) is 65.4 Å². The van der Waals surface area contributed by atoms with Crippen LogP contribution in [0.15, 0.2) is 54.9 Å². The van der Waals surface area contributed by atoms with Crippen LogP contribution in [-0.4, -0.2) is 29.2 Å². The molecule has 0 aliphatic heterocycles. The molecule has 2 aromatic carbocycles. The van der Waals surface area contributed by atoms with Gasteiger partial charge >= 0.3 is 0 Å². The van der Waals surface area contributed by atoms with Crippen molar-refractivity contribution in [1.29, 1.82) is 0 Å². The zero-order chi connectivity index (χ0) is 21.5. The molecule has 7 heteroatoms. The first-order chi connectivity index (χ1) is 14.5. The Morgan fingerprint density at radius 3 is 2.60 bits per heavy atom. The van der Waals surface area contributed by atoms with Crippen LogP contribution in [0.25, 0.3) is 0 Å². The van der Waals surface area contributed by atoms with Gasteiger partial charge in [0.05, 0.1) is 13.7 Å². The normalized spacial score (nSPS) is 11.7. The lowest BCUT2D eigenvalue weighted by Crippen LogP contribution is -2.31. The standard InChI is InChI=1S/C23H26ClN3O3/c1-4-5-14-30-19-11-8-17(15-20(19)29-3)23(28)26-21(22-25-12-13-27(22)2)16-6-9-18(24)10-7-16/h6-13,15,21H,4-5,14H2,1-3H3,(H,26,28)/t21-/m0/s1. The number of hydrogen-bond donors (Lipinski definition) is 1. The third-order valence-corrected chi connectivity index (χ3v) is 5.03. The van der Waals surface area contributed by atoms with E-state index in [9.17, 15) is 4.79 Å². The second kappa shape index (κ2) is 10.2. The van der Waals surface area contributed by atoms with Crippen LogP contribution in [0.2, 0.25) is 5.02 Å². The van der Waals surface area contributed by atoms with Crippen molar-refractivity contribution in [2.45, 2.75) is 25.8 Å². The first kappa shape index (κ1) is 21.7. The summed E-state index contributed by atoms with van der Waals surface area (Å²) < 4.78 is 13.1. The SMILES string of the molecule is CCCCOc1ccc(C(=O)N[C@@H](c2ccc(Cl)cc2)c2nccn2C)cc1OC. The average Bonchev–Trinajstić information content (AvgIpc) is 3.18. The van der Waals surface area contributed by atoms with Crippen LogP contribution in [0.1, 0.15) is 47.6 Å². The lowest BCUT2D eigenvalue weighted by atomic mass is 10.1. The number of nitrogens with one attached hydrogen (secondary N) is 1. The molecule has 1 aromatic heterocycles. The summed E-state index contributed by atoms with van der Waals surface area (Å²) in [4.78, 5) is 17.5. The van der Waals surface area contributed by atoms with E-state index in [2.05, 4.69) is 17.2 Å². The van der Waals surface area contributed by atoms with Crippen molar-refractivity contribution in [2.75, 3.05) is 13.7 Å². The number of carbonyl (C=O) groups excluding carboxylic acids is 1. The molecule has 1 atom stereocenters. The second-order valence-corrected chi connectivity index (χ2v) is 7.36. The summed E-state index contributed by atoms with van der Waals surface area (Å²) in [5, 5.41) is 3.71. The van der Waals surface area contributed by atoms with E-state index in [1.165, 1.54) is 0 Å². The molecule has 0 unspecified atom stereocenters. The summed E-state index contributed by atoms with van der Waals surface area (Å²) in [6, 6.07) is 12.1. The maximum Gasteiger partial charge on any atom is 0.252 e. The molecule has 0 saturated carbocycles. The van der Waals surface area contributed by atoms with Crippen LogP contribution in [0.3, 0.4) is 0 Å². The summed E-state index contributed by atoms with van der Waals surface area (Å²) in [7, 11) is 3.46. The lowest BCUT2D eigenvalue weighted by Gasteiger charge is -2.20. The molecule has 3 aromatic rings. The highest BCUT2D eigenvalue weighted by Crippen LogP contribution is 2.29. The van der Waals surface area contributed by atoms with E-state index < -0.39 is 6.04 Å². The molecule has 0 saturated heterocycles. The van der Waals surface area contributed by atoms with Crippen LogP contribution < -0.4 is 14.8 Å². The van der Waals surface area contributed by atoms with Crippen LogP contribution in [-0.2, 0) is 7.05 Å². The maximum absolute atomic E-state index is 13.1. The molecule has 0 aliphatic carbocycles. The van der Waals surface area contributed by atoms with Crippen LogP contribution >= 0.6 is 11.6 Å². The highest BCUT2D eigenvalue weighted by atomic mass is 35.5. The van der Waals surface area contributed by atoms with Gasteiger partial charge in [-0.15, -0.1) is 0 Å². The minimum atomic E-state index is -0.429. The number of halogens is 1. The van der Waals surface area contributed by atoms with Crippen LogP contribution in [0.4, 0.5) is 0 Å². The summed E-state index contributed by atoms with van der Waals surface area (Å²) in [6.07, 6.45) is 5.55. The predicted octanol–water partition coefficient (Wildman–Crippen LogP) is 4.78. The summed E-state index contributed by atoms with van der Waals surface area (Å²) in [5.41, 5.74) is 1.36. The molecule has 0 fully saturated rings. The van der Waals surface area contributed by atoms with Gasteiger partial charge in [0.15, 0.2) is 11.5 Å². The predicted molar refractivity (Wildman–Crippen MR) is 117 cm³/mol. The fourth-order valence-electron chi connectivity index (χ4n) is 3.08. The number of carbonyl (C=O) groups is 1. The summed E-state index contributed by atoms with van der Waals surface area (Å²) in [6.45, 7) is 2.71. The highest BCUT2D eigenvalue weighted by Gasteiger charge is 2.22. The van der Waals surface area contributed by atoms with Crippen LogP contribution in [0, 0.1) is 0 Å². The van der Waals surface area contributed by atoms with Crippen molar-refractivity contribution in [3.63, 3.8) is 0 Å². The number of unbranched alkanes of at least 4 members (excludes halogenated alkanes) is 1. The lowest BCUT2D eigenvalue weighted by molar-refractivity contribution is 0.0940. The van der Waals surface area contributed by atoms with E-state index in [0.29, 0.717) is 28.7 Å². The van der Waals surface area contributed by atoms with Crippen molar-refractivity contribution >= 4 is 17.5 Å².